The van der Waals surface area contributed by atoms with E-state index in [9.17, 15) is 0 Å². The lowest BCUT2D eigenvalue weighted by atomic mass is 9.91. The van der Waals surface area contributed by atoms with Crippen molar-refractivity contribution in [2.24, 2.45) is 0 Å². The largest absolute Gasteiger partial charge is 0.497 e. The predicted molar refractivity (Wildman–Crippen MR) is 78.8 cm³/mol. The lowest BCUT2D eigenvalue weighted by molar-refractivity contribution is 0.161. The van der Waals surface area contributed by atoms with Gasteiger partial charge in [0.2, 0.25) is 0 Å². The third-order valence-corrected chi connectivity index (χ3v) is 4.41. The van der Waals surface area contributed by atoms with E-state index in [-0.39, 0.29) is 0 Å². The molecule has 3 nitrogen and oxygen atoms in total. The molecule has 0 spiro atoms. The molecule has 2 aromatic rings. The first-order valence-electron chi connectivity index (χ1n) is 7.12. The Hall–Kier alpha value is -1.48. The molecule has 1 aromatic carbocycles. The number of nitrogens with zero attached hydrogens (tertiary/aromatic N) is 1. The van der Waals surface area contributed by atoms with E-state index < -0.39 is 0 Å². The first-order valence-corrected chi connectivity index (χ1v) is 7.12. The van der Waals surface area contributed by atoms with Gasteiger partial charge in [0, 0.05) is 29.7 Å². The number of methoxy groups -OCH3 is 1. The zero-order valence-electron chi connectivity index (χ0n) is 11.8. The maximum absolute atomic E-state index is 5.31. The highest BCUT2D eigenvalue weighted by Crippen LogP contribution is 2.26. The molecule has 0 unspecified atom stereocenters. The Balaban J connectivity index is 1.72. The number of rotatable bonds is 5. The van der Waals surface area contributed by atoms with E-state index in [0.717, 1.165) is 24.8 Å². The van der Waals surface area contributed by atoms with Crippen molar-refractivity contribution in [3.63, 3.8) is 0 Å². The van der Waals surface area contributed by atoms with Crippen LogP contribution in [-0.2, 0) is 6.42 Å². The number of H-pyrrole nitrogens is 1. The molecule has 0 amide bonds. The van der Waals surface area contributed by atoms with Gasteiger partial charge >= 0.3 is 0 Å². The summed E-state index contributed by atoms with van der Waals surface area (Å²) in [6, 6.07) is 7.04. The Bertz CT molecular complexity index is 557. The van der Waals surface area contributed by atoms with Crippen LogP contribution in [0, 0.1) is 0 Å². The van der Waals surface area contributed by atoms with Gasteiger partial charge in [-0.2, -0.15) is 0 Å². The average molecular weight is 258 g/mol. The summed E-state index contributed by atoms with van der Waals surface area (Å²) < 4.78 is 5.31. The van der Waals surface area contributed by atoms with Gasteiger partial charge in [-0.3, -0.25) is 0 Å². The molecule has 0 bridgehead atoms. The summed E-state index contributed by atoms with van der Waals surface area (Å²) in [4.78, 5) is 5.85. The summed E-state index contributed by atoms with van der Waals surface area (Å²) in [6.45, 7) is 1.13. The molecular formula is C16H22N2O. The smallest absolute Gasteiger partial charge is 0.119 e. The highest BCUT2D eigenvalue weighted by atomic mass is 16.5. The number of benzene rings is 1. The molecule has 1 N–H and O–H groups in total. The van der Waals surface area contributed by atoms with E-state index in [2.05, 4.69) is 35.3 Å². The maximum Gasteiger partial charge on any atom is 0.119 e. The number of ether oxygens (including phenoxy) is 1. The molecule has 1 heterocycles. The number of likely N-dealkylation sites (N-methyl/N-ethyl adjacent to an activating group) is 1. The standard InChI is InChI=1S/C16H22N2O/c1-18(13-4-3-5-13)9-8-12-11-17-16-7-6-14(19-2)10-15(12)16/h6-7,10-11,13,17H,3-5,8-9H2,1-2H3. The van der Waals surface area contributed by atoms with Crippen LogP contribution < -0.4 is 4.74 Å². The van der Waals surface area contributed by atoms with E-state index >= 15 is 0 Å². The zero-order chi connectivity index (χ0) is 13.2. The van der Waals surface area contributed by atoms with Gasteiger partial charge in [-0.1, -0.05) is 6.42 Å². The van der Waals surface area contributed by atoms with Gasteiger partial charge in [0.1, 0.15) is 5.75 Å². The Labute approximate surface area is 114 Å². The molecule has 1 saturated carbocycles. The number of fused-ring (bicyclic) bond motifs is 1. The second-order valence-corrected chi connectivity index (χ2v) is 5.54. The number of hydrogen-bond donors (Lipinski definition) is 1. The quantitative estimate of drug-likeness (QED) is 0.892. The summed E-state index contributed by atoms with van der Waals surface area (Å²) in [5.41, 5.74) is 2.59. The molecular weight excluding hydrogens is 236 g/mol. The van der Waals surface area contributed by atoms with Gasteiger partial charge in [0.15, 0.2) is 0 Å². The molecule has 1 fully saturated rings. The van der Waals surface area contributed by atoms with Gasteiger partial charge in [-0.15, -0.1) is 0 Å². The summed E-state index contributed by atoms with van der Waals surface area (Å²) >= 11 is 0. The van der Waals surface area contributed by atoms with Crippen LogP contribution in [0.3, 0.4) is 0 Å². The summed E-state index contributed by atoms with van der Waals surface area (Å²) in [5.74, 6) is 0.931. The first-order chi connectivity index (χ1) is 9.28. The van der Waals surface area contributed by atoms with Crippen molar-refractivity contribution in [3.05, 3.63) is 30.0 Å². The van der Waals surface area contributed by atoms with Crippen LogP contribution in [-0.4, -0.2) is 36.6 Å². The van der Waals surface area contributed by atoms with Crippen molar-refractivity contribution in [1.29, 1.82) is 0 Å². The van der Waals surface area contributed by atoms with Crippen molar-refractivity contribution in [2.75, 3.05) is 20.7 Å². The van der Waals surface area contributed by atoms with E-state index in [4.69, 9.17) is 4.74 Å². The Kier molecular flexibility index (Phi) is 3.47. The molecule has 0 radical (unpaired) electrons. The molecule has 3 rings (SSSR count). The summed E-state index contributed by atoms with van der Waals surface area (Å²) in [5, 5.41) is 1.29. The Morgan fingerprint density at radius 1 is 1.37 bits per heavy atom. The fraction of sp³-hybridized carbons (Fsp3) is 0.500. The van der Waals surface area contributed by atoms with E-state index in [1.54, 1.807) is 7.11 Å². The number of hydrogen-bond acceptors (Lipinski definition) is 2. The Morgan fingerprint density at radius 2 is 2.21 bits per heavy atom. The molecule has 3 heteroatoms. The van der Waals surface area contributed by atoms with Crippen molar-refractivity contribution in [1.82, 2.24) is 9.88 Å². The molecule has 1 aliphatic rings. The number of nitrogens with one attached hydrogen (secondary N) is 1. The molecule has 0 aliphatic heterocycles. The van der Waals surface area contributed by atoms with E-state index in [1.807, 2.05) is 6.07 Å². The van der Waals surface area contributed by atoms with Crippen molar-refractivity contribution < 1.29 is 4.74 Å². The fourth-order valence-corrected chi connectivity index (χ4v) is 2.80. The molecule has 19 heavy (non-hydrogen) atoms. The van der Waals surface area contributed by atoms with Crippen LogP contribution in [0.2, 0.25) is 0 Å². The van der Waals surface area contributed by atoms with Gasteiger partial charge in [-0.05, 0) is 50.1 Å². The normalized spacial score (nSPS) is 15.9. The lowest BCUT2D eigenvalue weighted by Crippen LogP contribution is -2.38. The fourth-order valence-electron chi connectivity index (χ4n) is 2.80. The van der Waals surface area contributed by atoms with Gasteiger partial charge in [0.05, 0.1) is 7.11 Å². The van der Waals surface area contributed by atoms with Crippen molar-refractivity contribution >= 4 is 10.9 Å². The maximum atomic E-state index is 5.31. The van der Waals surface area contributed by atoms with E-state index in [1.165, 1.54) is 35.7 Å². The zero-order valence-corrected chi connectivity index (χ0v) is 11.8. The summed E-state index contributed by atoms with van der Waals surface area (Å²) in [6.07, 6.45) is 7.38. The van der Waals surface area contributed by atoms with Gasteiger partial charge in [-0.25, -0.2) is 0 Å². The van der Waals surface area contributed by atoms with Crippen LogP contribution in [0.5, 0.6) is 5.75 Å². The van der Waals surface area contributed by atoms with Crippen LogP contribution in [0.4, 0.5) is 0 Å². The van der Waals surface area contributed by atoms with Crippen LogP contribution in [0.1, 0.15) is 24.8 Å². The molecule has 0 saturated heterocycles. The van der Waals surface area contributed by atoms with Gasteiger partial charge < -0.3 is 14.6 Å². The third kappa shape index (κ3) is 2.47. The van der Waals surface area contributed by atoms with Gasteiger partial charge in [0.25, 0.3) is 0 Å². The second kappa shape index (κ2) is 5.25. The minimum atomic E-state index is 0.819. The average Bonchev–Trinajstić information content (AvgIpc) is 2.76. The highest BCUT2D eigenvalue weighted by molar-refractivity contribution is 5.84. The molecule has 1 aromatic heterocycles. The SMILES string of the molecule is COc1ccc2[nH]cc(CCN(C)C3CCC3)c2c1. The minimum Gasteiger partial charge on any atom is -0.497 e. The van der Waals surface area contributed by atoms with Crippen molar-refractivity contribution in [2.45, 2.75) is 31.7 Å². The number of aromatic amines is 1. The summed E-state index contributed by atoms with van der Waals surface area (Å²) in [7, 11) is 3.97. The van der Waals surface area contributed by atoms with Crippen molar-refractivity contribution in [3.8, 4) is 5.75 Å². The second-order valence-electron chi connectivity index (χ2n) is 5.54. The molecule has 102 valence electrons. The molecule has 0 atom stereocenters. The van der Waals surface area contributed by atoms with E-state index in [0.29, 0.717) is 0 Å². The minimum absolute atomic E-state index is 0.819. The first kappa shape index (κ1) is 12.5. The topological polar surface area (TPSA) is 28.3 Å². The monoisotopic (exact) mass is 258 g/mol. The van der Waals surface area contributed by atoms with Crippen LogP contribution in [0.25, 0.3) is 10.9 Å². The molecule has 1 aliphatic carbocycles. The lowest BCUT2D eigenvalue weighted by Gasteiger charge is -2.34. The highest BCUT2D eigenvalue weighted by Gasteiger charge is 2.21. The van der Waals surface area contributed by atoms with Crippen LogP contribution >= 0.6 is 0 Å². The predicted octanol–water partition coefficient (Wildman–Crippen LogP) is 3.20. The third-order valence-electron chi connectivity index (χ3n) is 4.41. The number of aromatic nitrogens is 1. The Morgan fingerprint density at radius 3 is 2.89 bits per heavy atom. The van der Waals surface area contributed by atoms with Crippen LogP contribution in [0.15, 0.2) is 24.4 Å².